The van der Waals surface area contributed by atoms with Gasteiger partial charge in [0.1, 0.15) is 11.5 Å². The molecule has 0 aliphatic heterocycles. The Morgan fingerprint density at radius 3 is 2.71 bits per heavy atom. The summed E-state index contributed by atoms with van der Waals surface area (Å²) in [4.78, 5) is 12.7. The molecule has 0 radical (unpaired) electrons. The second-order valence-corrected chi connectivity index (χ2v) is 5.40. The number of methoxy groups -OCH3 is 1. The highest BCUT2D eigenvalue weighted by Gasteiger charge is 2.47. The minimum absolute atomic E-state index is 0.0506. The van der Waals surface area contributed by atoms with Crippen molar-refractivity contribution in [3.63, 3.8) is 0 Å². The van der Waals surface area contributed by atoms with Crippen molar-refractivity contribution < 1.29 is 13.9 Å². The van der Waals surface area contributed by atoms with Crippen molar-refractivity contribution in [2.24, 2.45) is 0 Å². The zero-order chi connectivity index (χ0) is 14.7. The van der Waals surface area contributed by atoms with E-state index in [-0.39, 0.29) is 5.91 Å². The lowest BCUT2D eigenvalue weighted by Gasteiger charge is -2.41. The molecule has 0 saturated heterocycles. The van der Waals surface area contributed by atoms with Gasteiger partial charge in [0.05, 0.1) is 25.3 Å². The molecule has 21 heavy (non-hydrogen) atoms. The minimum Gasteiger partial charge on any atom is -0.496 e. The van der Waals surface area contributed by atoms with E-state index in [1.54, 1.807) is 13.4 Å². The highest BCUT2D eigenvalue weighted by atomic mass is 16.5. The Labute approximate surface area is 124 Å². The van der Waals surface area contributed by atoms with Crippen LogP contribution in [0.5, 0.6) is 5.75 Å². The number of carbonyl (C=O) groups is 1. The molecule has 0 unspecified atom stereocenters. The average Bonchev–Trinajstić information content (AvgIpc) is 2.98. The molecule has 4 heteroatoms. The Hall–Kier alpha value is -2.23. The molecule has 1 aliphatic rings. The zero-order valence-electron chi connectivity index (χ0n) is 12.1. The fourth-order valence-corrected chi connectivity index (χ4v) is 2.94. The van der Waals surface area contributed by atoms with Gasteiger partial charge in [-0.05, 0) is 31.0 Å². The van der Waals surface area contributed by atoms with Crippen molar-refractivity contribution >= 4 is 5.91 Å². The van der Waals surface area contributed by atoms with Gasteiger partial charge in [-0.1, -0.05) is 24.6 Å². The minimum atomic E-state index is -0.459. The summed E-state index contributed by atoms with van der Waals surface area (Å²) in [5.74, 6) is 1.60. The summed E-state index contributed by atoms with van der Waals surface area (Å²) in [5.41, 5.74) is 0.523. The third-order valence-electron chi connectivity index (χ3n) is 4.27. The average molecular weight is 285 g/mol. The maximum Gasteiger partial charge on any atom is 0.231 e. The normalized spacial score (nSPS) is 16.0. The van der Waals surface area contributed by atoms with Gasteiger partial charge in [-0.3, -0.25) is 4.79 Å². The highest BCUT2D eigenvalue weighted by Crippen LogP contribution is 2.47. The molecule has 0 spiro atoms. The van der Waals surface area contributed by atoms with Gasteiger partial charge >= 0.3 is 0 Å². The number of hydrogen-bond donors (Lipinski definition) is 1. The van der Waals surface area contributed by atoms with Gasteiger partial charge < -0.3 is 14.5 Å². The van der Waals surface area contributed by atoms with E-state index in [0.29, 0.717) is 6.54 Å². The Morgan fingerprint density at radius 1 is 1.29 bits per heavy atom. The summed E-state index contributed by atoms with van der Waals surface area (Å²) in [6.07, 6.45) is 4.39. The molecular formula is C17H19NO3. The van der Waals surface area contributed by atoms with E-state index in [1.165, 1.54) is 0 Å². The van der Waals surface area contributed by atoms with E-state index in [2.05, 4.69) is 5.32 Å². The van der Waals surface area contributed by atoms with Crippen LogP contribution < -0.4 is 10.1 Å². The van der Waals surface area contributed by atoms with Gasteiger partial charge in [0.15, 0.2) is 0 Å². The summed E-state index contributed by atoms with van der Waals surface area (Å²) in [7, 11) is 1.64. The maximum absolute atomic E-state index is 12.7. The van der Waals surface area contributed by atoms with Crippen LogP contribution in [0.3, 0.4) is 0 Å². The number of para-hydroxylation sites is 1. The predicted octanol–water partition coefficient (Wildman–Crippen LogP) is 3.03. The van der Waals surface area contributed by atoms with E-state index in [0.717, 1.165) is 36.3 Å². The molecule has 1 fully saturated rings. The molecule has 3 rings (SSSR count). The van der Waals surface area contributed by atoms with Crippen molar-refractivity contribution in [2.75, 3.05) is 7.11 Å². The Bertz CT molecular complexity index is 615. The molecule has 4 nitrogen and oxygen atoms in total. The molecule has 1 amide bonds. The largest absolute Gasteiger partial charge is 0.496 e. The van der Waals surface area contributed by atoms with Crippen molar-refractivity contribution in [1.29, 1.82) is 0 Å². The van der Waals surface area contributed by atoms with Gasteiger partial charge in [0.2, 0.25) is 5.91 Å². The van der Waals surface area contributed by atoms with Crippen LogP contribution in [0.2, 0.25) is 0 Å². The van der Waals surface area contributed by atoms with Crippen molar-refractivity contribution in [3.8, 4) is 5.75 Å². The summed E-state index contributed by atoms with van der Waals surface area (Å²) in [6.45, 7) is 0.419. The van der Waals surface area contributed by atoms with Crippen LogP contribution in [0.25, 0.3) is 0 Å². The van der Waals surface area contributed by atoms with Gasteiger partial charge in [-0.25, -0.2) is 0 Å². The quantitative estimate of drug-likeness (QED) is 0.918. The molecule has 110 valence electrons. The van der Waals surface area contributed by atoms with Crippen molar-refractivity contribution in [3.05, 3.63) is 54.0 Å². The molecule has 0 atom stereocenters. The summed E-state index contributed by atoms with van der Waals surface area (Å²) in [5, 5.41) is 2.99. The summed E-state index contributed by atoms with van der Waals surface area (Å²) < 4.78 is 10.7. The van der Waals surface area contributed by atoms with Crippen LogP contribution in [-0.2, 0) is 16.8 Å². The standard InChI is InChI=1S/C17H19NO3/c1-20-15-8-3-2-7-14(15)17(9-5-10-17)16(19)18-12-13-6-4-11-21-13/h2-4,6-8,11H,5,9-10,12H2,1H3,(H,18,19). The fraction of sp³-hybridized carbons (Fsp3) is 0.353. The molecular weight excluding hydrogens is 266 g/mol. The number of carbonyl (C=O) groups excluding carboxylic acids is 1. The van der Waals surface area contributed by atoms with Crippen LogP contribution in [-0.4, -0.2) is 13.0 Å². The third kappa shape index (κ3) is 2.42. The highest BCUT2D eigenvalue weighted by molar-refractivity contribution is 5.90. The first-order valence-corrected chi connectivity index (χ1v) is 7.20. The van der Waals surface area contributed by atoms with E-state index in [4.69, 9.17) is 9.15 Å². The number of amides is 1. The molecule has 1 aromatic carbocycles. The molecule has 1 N–H and O–H groups in total. The number of nitrogens with one attached hydrogen (secondary N) is 1. The predicted molar refractivity (Wildman–Crippen MR) is 79.1 cm³/mol. The SMILES string of the molecule is COc1ccccc1C1(C(=O)NCc2ccco2)CCC1. The lowest BCUT2D eigenvalue weighted by Crippen LogP contribution is -2.49. The Balaban J connectivity index is 1.81. The number of rotatable bonds is 5. The lowest BCUT2D eigenvalue weighted by molar-refractivity contribution is -0.130. The molecule has 1 saturated carbocycles. The monoisotopic (exact) mass is 285 g/mol. The van der Waals surface area contributed by atoms with E-state index >= 15 is 0 Å². The van der Waals surface area contributed by atoms with Crippen molar-refractivity contribution in [2.45, 2.75) is 31.2 Å². The first-order valence-electron chi connectivity index (χ1n) is 7.20. The number of furan rings is 1. The first-order chi connectivity index (χ1) is 10.3. The second-order valence-electron chi connectivity index (χ2n) is 5.40. The third-order valence-corrected chi connectivity index (χ3v) is 4.27. The number of benzene rings is 1. The molecule has 0 bridgehead atoms. The molecule has 2 aromatic rings. The first kappa shape index (κ1) is 13.7. The van der Waals surface area contributed by atoms with Crippen LogP contribution in [0, 0.1) is 0 Å². The molecule has 1 aliphatic carbocycles. The smallest absolute Gasteiger partial charge is 0.231 e. The van der Waals surface area contributed by atoms with Crippen LogP contribution >= 0.6 is 0 Å². The summed E-state index contributed by atoms with van der Waals surface area (Å²) in [6, 6.07) is 11.5. The van der Waals surface area contributed by atoms with Crippen molar-refractivity contribution in [1.82, 2.24) is 5.32 Å². The lowest BCUT2D eigenvalue weighted by atomic mass is 9.63. The fourth-order valence-electron chi connectivity index (χ4n) is 2.94. The van der Waals surface area contributed by atoms with E-state index in [9.17, 15) is 4.79 Å². The summed E-state index contributed by atoms with van der Waals surface area (Å²) >= 11 is 0. The van der Waals surface area contributed by atoms with E-state index < -0.39 is 5.41 Å². The van der Waals surface area contributed by atoms with Gasteiger partial charge in [0, 0.05) is 5.56 Å². The molecule has 1 heterocycles. The van der Waals surface area contributed by atoms with Crippen LogP contribution in [0.1, 0.15) is 30.6 Å². The topological polar surface area (TPSA) is 51.5 Å². The van der Waals surface area contributed by atoms with E-state index in [1.807, 2.05) is 36.4 Å². The number of ether oxygens (including phenoxy) is 1. The molecule has 1 aromatic heterocycles. The Kier molecular flexibility index (Phi) is 3.69. The van der Waals surface area contributed by atoms with Crippen LogP contribution in [0.4, 0.5) is 0 Å². The van der Waals surface area contributed by atoms with Gasteiger partial charge in [-0.2, -0.15) is 0 Å². The Morgan fingerprint density at radius 2 is 2.10 bits per heavy atom. The number of hydrogen-bond acceptors (Lipinski definition) is 3. The van der Waals surface area contributed by atoms with Gasteiger partial charge in [0.25, 0.3) is 0 Å². The van der Waals surface area contributed by atoms with Crippen LogP contribution in [0.15, 0.2) is 47.1 Å². The maximum atomic E-state index is 12.7. The van der Waals surface area contributed by atoms with Gasteiger partial charge in [-0.15, -0.1) is 0 Å². The zero-order valence-corrected chi connectivity index (χ0v) is 12.1. The second kappa shape index (κ2) is 5.64.